The van der Waals surface area contributed by atoms with Gasteiger partial charge in [0.1, 0.15) is 11.2 Å². The van der Waals surface area contributed by atoms with Gasteiger partial charge in [-0.05, 0) is 43.0 Å². The van der Waals surface area contributed by atoms with Crippen LogP contribution in [0.25, 0.3) is 22.2 Å². The third-order valence-electron chi connectivity index (χ3n) is 4.84. The van der Waals surface area contributed by atoms with Crippen LogP contribution in [0.15, 0.2) is 35.4 Å². The molecule has 7 nitrogen and oxygen atoms in total. The minimum atomic E-state index is -0.107. The van der Waals surface area contributed by atoms with Crippen LogP contribution in [-0.2, 0) is 7.05 Å². The molecule has 0 amide bonds. The standard InChI is InChI=1S/C20H22N4O3/c1-24-11-22-15-9-14(13-6-7-16(26-2)17(8-13)27-3)23-19(18(15)20(24)25)21-10-12-4-5-12/h6-9,11-12H,4-5,10H2,1-3H3,(H,21,23). The van der Waals surface area contributed by atoms with E-state index in [-0.39, 0.29) is 5.56 Å². The van der Waals surface area contributed by atoms with Gasteiger partial charge in [-0.25, -0.2) is 9.97 Å². The van der Waals surface area contributed by atoms with E-state index in [1.54, 1.807) is 21.3 Å². The number of hydrogen-bond acceptors (Lipinski definition) is 6. The lowest BCUT2D eigenvalue weighted by Crippen LogP contribution is -2.19. The largest absolute Gasteiger partial charge is 0.493 e. The number of ether oxygens (including phenoxy) is 2. The molecule has 2 heterocycles. The number of hydrogen-bond donors (Lipinski definition) is 1. The molecule has 1 aromatic carbocycles. The summed E-state index contributed by atoms with van der Waals surface area (Å²) < 4.78 is 12.2. The molecule has 0 unspecified atom stereocenters. The monoisotopic (exact) mass is 366 g/mol. The van der Waals surface area contributed by atoms with Gasteiger partial charge in [0.05, 0.1) is 31.8 Å². The molecule has 1 saturated carbocycles. The highest BCUT2D eigenvalue weighted by Crippen LogP contribution is 2.34. The Morgan fingerprint density at radius 3 is 2.67 bits per heavy atom. The van der Waals surface area contributed by atoms with Gasteiger partial charge in [-0.2, -0.15) is 0 Å². The van der Waals surface area contributed by atoms with E-state index in [1.165, 1.54) is 23.7 Å². The number of nitrogens with one attached hydrogen (secondary N) is 1. The number of anilines is 1. The summed E-state index contributed by atoms with van der Waals surface area (Å²) in [5.74, 6) is 2.52. The van der Waals surface area contributed by atoms with Crippen molar-refractivity contribution in [1.82, 2.24) is 14.5 Å². The SMILES string of the molecule is COc1ccc(-c2cc3ncn(C)c(=O)c3c(NCC3CC3)n2)cc1OC. The van der Waals surface area contributed by atoms with Crippen LogP contribution in [0.5, 0.6) is 11.5 Å². The fraction of sp³-hybridized carbons (Fsp3) is 0.350. The van der Waals surface area contributed by atoms with Crippen LogP contribution < -0.4 is 20.3 Å². The summed E-state index contributed by atoms with van der Waals surface area (Å²) in [6, 6.07) is 7.47. The van der Waals surface area contributed by atoms with E-state index >= 15 is 0 Å². The van der Waals surface area contributed by atoms with Crippen molar-refractivity contribution in [2.24, 2.45) is 13.0 Å². The van der Waals surface area contributed by atoms with Crippen LogP contribution in [0.3, 0.4) is 0 Å². The van der Waals surface area contributed by atoms with E-state index in [0.29, 0.717) is 34.1 Å². The van der Waals surface area contributed by atoms with E-state index in [9.17, 15) is 4.79 Å². The minimum absolute atomic E-state index is 0.107. The quantitative estimate of drug-likeness (QED) is 0.723. The zero-order valence-electron chi connectivity index (χ0n) is 15.7. The van der Waals surface area contributed by atoms with E-state index < -0.39 is 0 Å². The lowest BCUT2D eigenvalue weighted by molar-refractivity contribution is 0.355. The molecule has 0 aliphatic heterocycles. The molecular weight excluding hydrogens is 344 g/mol. The molecule has 0 atom stereocenters. The molecule has 2 aromatic heterocycles. The average Bonchev–Trinajstić information content (AvgIpc) is 3.52. The molecule has 0 saturated heterocycles. The van der Waals surface area contributed by atoms with Gasteiger partial charge in [-0.1, -0.05) is 0 Å². The number of aryl methyl sites for hydroxylation is 1. The van der Waals surface area contributed by atoms with Crippen molar-refractivity contribution >= 4 is 16.7 Å². The maximum atomic E-state index is 12.6. The number of fused-ring (bicyclic) bond motifs is 1. The molecule has 1 N–H and O–H groups in total. The third kappa shape index (κ3) is 3.32. The summed E-state index contributed by atoms with van der Waals surface area (Å²) in [4.78, 5) is 21.8. The Labute approximate surface area is 157 Å². The second-order valence-corrected chi connectivity index (χ2v) is 6.80. The van der Waals surface area contributed by atoms with E-state index in [0.717, 1.165) is 17.8 Å². The Hall–Kier alpha value is -3.09. The molecule has 1 aliphatic carbocycles. The molecule has 7 heteroatoms. The maximum absolute atomic E-state index is 12.6. The molecule has 3 aromatic rings. The highest BCUT2D eigenvalue weighted by Gasteiger charge is 2.22. The number of rotatable bonds is 6. The molecule has 140 valence electrons. The number of aromatic nitrogens is 3. The van der Waals surface area contributed by atoms with Gasteiger partial charge in [0.2, 0.25) is 0 Å². The predicted octanol–water partition coefficient (Wildman–Crippen LogP) is 2.83. The summed E-state index contributed by atoms with van der Waals surface area (Å²) in [5, 5.41) is 3.88. The van der Waals surface area contributed by atoms with Gasteiger partial charge in [0.25, 0.3) is 5.56 Å². The number of methoxy groups -OCH3 is 2. The van der Waals surface area contributed by atoms with Gasteiger partial charge in [-0.3, -0.25) is 4.79 Å². The van der Waals surface area contributed by atoms with Crippen LogP contribution in [0, 0.1) is 5.92 Å². The molecule has 1 fully saturated rings. The third-order valence-corrected chi connectivity index (χ3v) is 4.84. The van der Waals surface area contributed by atoms with Gasteiger partial charge in [-0.15, -0.1) is 0 Å². The van der Waals surface area contributed by atoms with E-state index in [4.69, 9.17) is 14.5 Å². The Morgan fingerprint density at radius 2 is 1.96 bits per heavy atom. The fourth-order valence-corrected chi connectivity index (χ4v) is 3.06. The highest BCUT2D eigenvalue weighted by molar-refractivity contribution is 5.91. The van der Waals surface area contributed by atoms with E-state index in [2.05, 4.69) is 10.3 Å². The lowest BCUT2D eigenvalue weighted by Gasteiger charge is -2.13. The van der Waals surface area contributed by atoms with Gasteiger partial charge < -0.3 is 19.4 Å². The summed E-state index contributed by atoms with van der Waals surface area (Å²) in [6.07, 6.45) is 3.97. The second kappa shape index (κ2) is 6.90. The topological polar surface area (TPSA) is 78.3 Å². The van der Waals surface area contributed by atoms with Crippen molar-refractivity contribution in [3.63, 3.8) is 0 Å². The molecule has 1 aliphatic rings. The van der Waals surface area contributed by atoms with Crippen LogP contribution in [0.4, 0.5) is 5.82 Å². The Kier molecular flexibility index (Phi) is 4.43. The van der Waals surface area contributed by atoms with Crippen molar-refractivity contribution < 1.29 is 9.47 Å². The first kappa shape index (κ1) is 17.3. The number of pyridine rings is 1. The van der Waals surface area contributed by atoms with Gasteiger partial charge in [0.15, 0.2) is 11.5 Å². The number of benzene rings is 1. The highest BCUT2D eigenvalue weighted by atomic mass is 16.5. The molecule has 4 rings (SSSR count). The maximum Gasteiger partial charge on any atom is 0.264 e. The molecule has 0 spiro atoms. The first-order valence-corrected chi connectivity index (χ1v) is 8.93. The predicted molar refractivity (Wildman–Crippen MR) is 105 cm³/mol. The Bertz CT molecular complexity index is 1060. The van der Waals surface area contributed by atoms with Crippen LogP contribution in [-0.4, -0.2) is 35.3 Å². The summed E-state index contributed by atoms with van der Waals surface area (Å²) >= 11 is 0. The smallest absolute Gasteiger partial charge is 0.264 e. The van der Waals surface area contributed by atoms with Crippen LogP contribution in [0.1, 0.15) is 12.8 Å². The summed E-state index contributed by atoms with van der Waals surface area (Å²) in [7, 11) is 4.90. The average molecular weight is 366 g/mol. The van der Waals surface area contributed by atoms with Crippen molar-refractivity contribution in [3.8, 4) is 22.8 Å². The van der Waals surface area contributed by atoms with Crippen LogP contribution in [0.2, 0.25) is 0 Å². The molecular formula is C20H22N4O3. The summed E-state index contributed by atoms with van der Waals surface area (Å²) in [5.41, 5.74) is 2.11. The van der Waals surface area contributed by atoms with Crippen molar-refractivity contribution in [2.75, 3.05) is 26.1 Å². The second-order valence-electron chi connectivity index (χ2n) is 6.80. The Balaban J connectivity index is 1.86. The van der Waals surface area contributed by atoms with Crippen molar-refractivity contribution in [2.45, 2.75) is 12.8 Å². The normalized spacial score (nSPS) is 13.6. The van der Waals surface area contributed by atoms with E-state index in [1.807, 2.05) is 24.3 Å². The fourth-order valence-electron chi connectivity index (χ4n) is 3.06. The zero-order valence-corrected chi connectivity index (χ0v) is 15.7. The van der Waals surface area contributed by atoms with Crippen LogP contribution >= 0.6 is 0 Å². The molecule has 27 heavy (non-hydrogen) atoms. The summed E-state index contributed by atoms with van der Waals surface area (Å²) in [6.45, 7) is 0.815. The Morgan fingerprint density at radius 1 is 1.19 bits per heavy atom. The zero-order chi connectivity index (χ0) is 19.0. The molecule has 0 radical (unpaired) electrons. The van der Waals surface area contributed by atoms with Crippen molar-refractivity contribution in [3.05, 3.63) is 40.9 Å². The van der Waals surface area contributed by atoms with Crippen molar-refractivity contribution in [1.29, 1.82) is 0 Å². The van der Waals surface area contributed by atoms with Gasteiger partial charge in [0, 0.05) is 19.2 Å². The number of nitrogens with zero attached hydrogens (tertiary/aromatic N) is 3. The lowest BCUT2D eigenvalue weighted by atomic mass is 10.1. The van der Waals surface area contributed by atoms with Gasteiger partial charge >= 0.3 is 0 Å². The minimum Gasteiger partial charge on any atom is -0.493 e. The molecule has 0 bridgehead atoms. The first-order chi connectivity index (χ1) is 13.1. The first-order valence-electron chi connectivity index (χ1n) is 8.93.